The molecule has 0 saturated heterocycles. The van der Waals surface area contributed by atoms with Gasteiger partial charge in [0, 0.05) is 9.61 Å². The Morgan fingerprint density at radius 2 is 2.15 bits per heavy atom. The Kier molecular flexibility index (Phi) is 5.16. The number of benzene rings is 1. The molecule has 0 amide bonds. The molecule has 1 aromatic heterocycles. The molecule has 3 N–H and O–H groups in total. The number of nitrogens with two attached hydrogens (primary N) is 1. The summed E-state index contributed by atoms with van der Waals surface area (Å²) in [5.41, 5.74) is 4.64. The van der Waals surface area contributed by atoms with Crippen LogP contribution < -0.4 is 11.3 Å². The van der Waals surface area contributed by atoms with E-state index in [9.17, 15) is 4.39 Å². The Morgan fingerprint density at radius 1 is 1.45 bits per heavy atom. The molecule has 2 rings (SSSR count). The van der Waals surface area contributed by atoms with E-state index in [1.165, 1.54) is 12.1 Å². The van der Waals surface area contributed by atoms with E-state index in [0.29, 0.717) is 0 Å². The molecule has 1 unspecified atom stereocenters. The lowest BCUT2D eigenvalue weighted by molar-refractivity contribution is 0.474. The van der Waals surface area contributed by atoms with Crippen LogP contribution in [0.1, 0.15) is 37.2 Å². The van der Waals surface area contributed by atoms with Crippen LogP contribution in [0.25, 0.3) is 0 Å². The van der Waals surface area contributed by atoms with Crippen molar-refractivity contribution in [2.24, 2.45) is 5.84 Å². The largest absolute Gasteiger partial charge is 0.271 e. The van der Waals surface area contributed by atoms with E-state index in [-0.39, 0.29) is 17.9 Å². The van der Waals surface area contributed by atoms with Gasteiger partial charge in [-0.15, -0.1) is 0 Å². The van der Waals surface area contributed by atoms with Gasteiger partial charge in [0.1, 0.15) is 5.82 Å². The number of rotatable bonds is 4. The molecule has 0 saturated carbocycles. The average molecular weight is 453 g/mol. The van der Waals surface area contributed by atoms with E-state index >= 15 is 0 Å². The lowest BCUT2D eigenvalue weighted by Gasteiger charge is -2.21. The highest BCUT2D eigenvalue weighted by molar-refractivity contribution is 14.1. The molecule has 1 atom stereocenters. The fourth-order valence-electron chi connectivity index (χ4n) is 2.08. The number of nitrogens with zero attached hydrogens (tertiary/aromatic N) is 2. The number of hydrazine groups is 1. The third-order valence-electron chi connectivity index (χ3n) is 2.99. The second-order valence-corrected chi connectivity index (χ2v) is 6.70. The average Bonchev–Trinajstić information content (AvgIpc) is 2.75. The summed E-state index contributed by atoms with van der Waals surface area (Å²) in [7, 11) is 0. The van der Waals surface area contributed by atoms with E-state index in [2.05, 4.69) is 49.0 Å². The van der Waals surface area contributed by atoms with Crippen molar-refractivity contribution < 1.29 is 4.39 Å². The van der Waals surface area contributed by atoms with Crippen LogP contribution in [-0.2, 0) is 0 Å². The van der Waals surface area contributed by atoms with Gasteiger partial charge in [-0.25, -0.2) is 9.82 Å². The lowest BCUT2D eigenvalue weighted by atomic mass is 10.0. The quantitative estimate of drug-likeness (QED) is 0.424. The Balaban J connectivity index is 2.55. The number of hydrogen-bond acceptors (Lipinski definition) is 3. The Labute approximate surface area is 139 Å². The third kappa shape index (κ3) is 3.05. The van der Waals surface area contributed by atoms with Crippen molar-refractivity contribution >= 4 is 38.5 Å². The zero-order valence-electron chi connectivity index (χ0n) is 11.1. The first kappa shape index (κ1) is 15.9. The van der Waals surface area contributed by atoms with Gasteiger partial charge in [-0.2, -0.15) is 5.10 Å². The normalized spacial score (nSPS) is 12.9. The number of halogens is 3. The highest BCUT2D eigenvalue weighted by Gasteiger charge is 2.24. The van der Waals surface area contributed by atoms with Gasteiger partial charge < -0.3 is 0 Å². The molecular formula is C13H15BrFIN4. The van der Waals surface area contributed by atoms with E-state index in [1.54, 1.807) is 12.3 Å². The summed E-state index contributed by atoms with van der Waals surface area (Å²) in [6.07, 6.45) is 1.75. The first-order valence-electron chi connectivity index (χ1n) is 6.09. The zero-order chi connectivity index (χ0) is 14.9. The van der Waals surface area contributed by atoms with Gasteiger partial charge in [0.25, 0.3) is 0 Å². The van der Waals surface area contributed by atoms with Gasteiger partial charge in [0.2, 0.25) is 0 Å². The van der Waals surface area contributed by atoms with Crippen LogP contribution in [-0.4, -0.2) is 9.78 Å². The molecule has 0 fully saturated rings. The summed E-state index contributed by atoms with van der Waals surface area (Å²) >= 11 is 5.62. The summed E-state index contributed by atoms with van der Waals surface area (Å²) in [5.74, 6) is 5.47. The molecular weight excluding hydrogens is 438 g/mol. The predicted octanol–water partition coefficient (Wildman–Crippen LogP) is 3.52. The van der Waals surface area contributed by atoms with Crippen molar-refractivity contribution in [2.45, 2.75) is 25.9 Å². The first-order valence-corrected chi connectivity index (χ1v) is 7.96. The minimum Gasteiger partial charge on any atom is -0.271 e. The standard InChI is InChI=1S/C13H15BrFIN4/c1-7(2)20-13(10(14)6-18-20)12(19-17)9-4-3-8(15)5-11(9)16/h3-7,12,19H,17H2,1-2H3. The molecule has 0 bridgehead atoms. The maximum absolute atomic E-state index is 13.3. The van der Waals surface area contributed by atoms with E-state index < -0.39 is 0 Å². The maximum Gasteiger partial charge on any atom is 0.124 e. The van der Waals surface area contributed by atoms with Crippen molar-refractivity contribution in [3.05, 3.63) is 49.5 Å². The second kappa shape index (κ2) is 6.50. The van der Waals surface area contributed by atoms with Gasteiger partial charge in [-0.05, 0) is 70.1 Å². The Morgan fingerprint density at radius 3 is 2.70 bits per heavy atom. The highest BCUT2D eigenvalue weighted by Crippen LogP contribution is 2.32. The number of nitrogens with one attached hydrogen (secondary N) is 1. The molecule has 108 valence electrons. The minimum atomic E-state index is -0.262. The second-order valence-electron chi connectivity index (χ2n) is 4.68. The molecule has 7 heteroatoms. The zero-order valence-corrected chi connectivity index (χ0v) is 14.8. The van der Waals surface area contributed by atoms with E-state index in [4.69, 9.17) is 5.84 Å². The topological polar surface area (TPSA) is 55.9 Å². The smallest absolute Gasteiger partial charge is 0.124 e. The third-order valence-corrected chi connectivity index (χ3v) is 4.53. The lowest BCUT2D eigenvalue weighted by Crippen LogP contribution is -2.32. The minimum absolute atomic E-state index is 0.199. The molecule has 0 spiro atoms. The highest BCUT2D eigenvalue weighted by atomic mass is 127. The van der Waals surface area contributed by atoms with Crippen molar-refractivity contribution in [3.8, 4) is 0 Å². The first-order chi connectivity index (χ1) is 9.45. The van der Waals surface area contributed by atoms with Crippen LogP contribution >= 0.6 is 38.5 Å². The van der Waals surface area contributed by atoms with Crippen molar-refractivity contribution in [3.63, 3.8) is 0 Å². The van der Waals surface area contributed by atoms with Gasteiger partial charge in [-0.3, -0.25) is 10.5 Å². The molecule has 1 heterocycles. The summed E-state index contributed by atoms with van der Waals surface area (Å²) in [4.78, 5) is 0. The maximum atomic E-state index is 13.3. The van der Waals surface area contributed by atoms with Gasteiger partial charge in [0.15, 0.2) is 0 Å². The summed E-state index contributed by atoms with van der Waals surface area (Å²) in [6.45, 7) is 4.10. The van der Waals surface area contributed by atoms with Crippen molar-refractivity contribution in [1.29, 1.82) is 0 Å². The number of hydrogen-bond donors (Lipinski definition) is 2. The van der Waals surface area contributed by atoms with Crippen LogP contribution in [0, 0.1) is 9.39 Å². The molecule has 20 heavy (non-hydrogen) atoms. The van der Waals surface area contributed by atoms with Gasteiger partial charge in [-0.1, -0.05) is 6.07 Å². The van der Waals surface area contributed by atoms with E-state index in [1.807, 2.05) is 18.5 Å². The summed E-state index contributed by atoms with van der Waals surface area (Å²) in [6, 6.07) is 4.61. The Bertz CT molecular complexity index is 614. The summed E-state index contributed by atoms with van der Waals surface area (Å²) in [5, 5.41) is 4.35. The molecule has 0 aliphatic carbocycles. The van der Waals surface area contributed by atoms with Crippen LogP contribution in [0.2, 0.25) is 0 Å². The fraction of sp³-hybridized carbons (Fsp3) is 0.308. The molecule has 4 nitrogen and oxygen atoms in total. The predicted molar refractivity (Wildman–Crippen MR) is 88.6 cm³/mol. The molecule has 0 radical (unpaired) electrons. The van der Waals surface area contributed by atoms with Crippen LogP contribution in [0.15, 0.2) is 28.9 Å². The SMILES string of the molecule is CC(C)n1ncc(Br)c1C(NN)c1ccc(F)cc1I. The fourth-order valence-corrected chi connectivity index (χ4v) is 3.37. The van der Waals surface area contributed by atoms with Crippen molar-refractivity contribution in [2.75, 3.05) is 0 Å². The summed E-state index contributed by atoms with van der Waals surface area (Å²) < 4.78 is 16.8. The van der Waals surface area contributed by atoms with Crippen molar-refractivity contribution in [1.82, 2.24) is 15.2 Å². The molecule has 0 aliphatic heterocycles. The Hall–Kier alpha value is -0.510. The van der Waals surface area contributed by atoms with Gasteiger partial charge >= 0.3 is 0 Å². The van der Waals surface area contributed by atoms with Crippen LogP contribution in [0.5, 0.6) is 0 Å². The van der Waals surface area contributed by atoms with Crippen LogP contribution in [0.3, 0.4) is 0 Å². The molecule has 2 aromatic rings. The monoisotopic (exact) mass is 452 g/mol. The van der Waals surface area contributed by atoms with E-state index in [0.717, 1.165) is 19.3 Å². The molecule has 0 aliphatic rings. The molecule has 1 aromatic carbocycles. The van der Waals surface area contributed by atoms with Crippen LogP contribution in [0.4, 0.5) is 4.39 Å². The number of aromatic nitrogens is 2. The van der Waals surface area contributed by atoms with Gasteiger partial charge in [0.05, 0.1) is 22.4 Å².